The number of benzene rings is 1. The van der Waals surface area contributed by atoms with Gasteiger partial charge in [0.15, 0.2) is 0 Å². The van der Waals surface area contributed by atoms with E-state index in [0.29, 0.717) is 0 Å². The first-order chi connectivity index (χ1) is 8.29. The van der Waals surface area contributed by atoms with Crippen LogP contribution < -0.4 is 0 Å². The molecule has 0 spiro atoms. The molecule has 86 valence electrons. The van der Waals surface area contributed by atoms with Gasteiger partial charge in [0.2, 0.25) is 5.78 Å². The van der Waals surface area contributed by atoms with Crippen molar-refractivity contribution in [3.05, 3.63) is 42.4 Å². The third-order valence-electron chi connectivity index (χ3n) is 2.97. The number of hydrogen-bond donors (Lipinski definition) is 0. The minimum Gasteiger partial charge on any atom is -0.300 e. The summed E-state index contributed by atoms with van der Waals surface area (Å²) in [6, 6.07) is 10.2. The van der Waals surface area contributed by atoms with Gasteiger partial charge < -0.3 is 4.57 Å². The summed E-state index contributed by atoms with van der Waals surface area (Å²) in [5, 5.41) is 4.49. The van der Waals surface area contributed by atoms with E-state index in [1.54, 1.807) is 0 Å². The number of rotatable bonds is 2. The molecule has 0 aliphatic carbocycles. The van der Waals surface area contributed by atoms with Gasteiger partial charge in [0, 0.05) is 19.0 Å². The highest BCUT2D eigenvalue weighted by atomic mass is 15.4. The maximum Gasteiger partial charge on any atom is 0.232 e. The molecule has 0 fully saturated rings. The summed E-state index contributed by atoms with van der Waals surface area (Å²) >= 11 is 0. The number of aryl methyl sites for hydroxylation is 2. The standard InChI is InChI=1S/C13H14N4/c1-3-12-15-17-9-11(14-13(17)16(12)2)10-7-5-4-6-8-10/h4-9H,3H2,1-2H3. The molecule has 0 aliphatic rings. The molecule has 0 radical (unpaired) electrons. The molecule has 0 amide bonds. The van der Waals surface area contributed by atoms with Crippen LogP contribution in [0.2, 0.25) is 0 Å². The summed E-state index contributed by atoms with van der Waals surface area (Å²) < 4.78 is 3.88. The first-order valence-electron chi connectivity index (χ1n) is 5.76. The van der Waals surface area contributed by atoms with Gasteiger partial charge >= 0.3 is 0 Å². The van der Waals surface area contributed by atoms with Crippen LogP contribution in [0.25, 0.3) is 17.0 Å². The van der Waals surface area contributed by atoms with E-state index in [2.05, 4.69) is 29.1 Å². The lowest BCUT2D eigenvalue weighted by Gasteiger charge is -1.96. The van der Waals surface area contributed by atoms with Crippen molar-refractivity contribution in [1.29, 1.82) is 0 Å². The predicted octanol–water partition coefficient (Wildman–Crippen LogP) is 2.30. The highest BCUT2D eigenvalue weighted by Crippen LogP contribution is 2.18. The summed E-state index contributed by atoms with van der Waals surface area (Å²) in [5.74, 6) is 1.94. The van der Waals surface area contributed by atoms with Crippen LogP contribution in [0.1, 0.15) is 12.7 Å². The lowest BCUT2D eigenvalue weighted by atomic mass is 10.2. The van der Waals surface area contributed by atoms with Crippen LogP contribution in [0.4, 0.5) is 0 Å². The molecule has 0 atom stereocenters. The zero-order valence-electron chi connectivity index (χ0n) is 9.96. The van der Waals surface area contributed by atoms with Gasteiger partial charge in [0.1, 0.15) is 5.82 Å². The van der Waals surface area contributed by atoms with E-state index in [-0.39, 0.29) is 0 Å². The second-order valence-electron chi connectivity index (χ2n) is 4.07. The normalized spacial score (nSPS) is 11.2. The van der Waals surface area contributed by atoms with Crippen LogP contribution in [0, 0.1) is 0 Å². The minimum atomic E-state index is 0.890. The van der Waals surface area contributed by atoms with Gasteiger partial charge in [-0.15, -0.1) is 0 Å². The zero-order valence-corrected chi connectivity index (χ0v) is 9.96. The molecule has 0 saturated carbocycles. The Hall–Kier alpha value is -2.10. The number of imidazole rings is 1. The maximum atomic E-state index is 4.61. The summed E-state index contributed by atoms with van der Waals surface area (Å²) in [6.07, 6.45) is 2.89. The Kier molecular flexibility index (Phi) is 2.21. The fourth-order valence-electron chi connectivity index (χ4n) is 2.03. The molecule has 0 saturated heterocycles. The molecule has 2 aromatic heterocycles. The molecule has 0 unspecified atom stereocenters. The average Bonchev–Trinajstić information content (AvgIpc) is 2.90. The Bertz CT molecular complexity index is 649. The Labute approximate surface area is 99.5 Å². The predicted molar refractivity (Wildman–Crippen MR) is 66.8 cm³/mol. The van der Waals surface area contributed by atoms with E-state index in [1.807, 2.05) is 40.5 Å². The maximum absolute atomic E-state index is 4.61. The number of hydrogen-bond acceptors (Lipinski definition) is 2. The molecule has 0 bridgehead atoms. The van der Waals surface area contributed by atoms with E-state index >= 15 is 0 Å². The lowest BCUT2D eigenvalue weighted by Crippen LogP contribution is -1.96. The molecule has 0 aliphatic heterocycles. The van der Waals surface area contributed by atoms with Crippen LogP contribution in [0.15, 0.2) is 36.5 Å². The fraction of sp³-hybridized carbons (Fsp3) is 0.231. The highest BCUT2D eigenvalue weighted by Gasteiger charge is 2.10. The van der Waals surface area contributed by atoms with Crippen LogP contribution in [-0.4, -0.2) is 19.2 Å². The lowest BCUT2D eigenvalue weighted by molar-refractivity contribution is 0.809. The van der Waals surface area contributed by atoms with E-state index < -0.39 is 0 Å². The Balaban J connectivity index is 2.15. The average molecular weight is 226 g/mol. The van der Waals surface area contributed by atoms with E-state index in [9.17, 15) is 0 Å². The summed E-state index contributed by atoms with van der Waals surface area (Å²) in [4.78, 5) is 4.61. The van der Waals surface area contributed by atoms with Crippen molar-refractivity contribution in [2.75, 3.05) is 0 Å². The van der Waals surface area contributed by atoms with Crippen molar-refractivity contribution in [3.63, 3.8) is 0 Å². The number of fused-ring (bicyclic) bond motifs is 1. The fourth-order valence-corrected chi connectivity index (χ4v) is 2.03. The summed E-state index contributed by atoms with van der Waals surface area (Å²) in [5.41, 5.74) is 2.09. The Morgan fingerprint density at radius 1 is 1.18 bits per heavy atom. The van der Waals surface area contributed by atoms with Crippen molar-refractivity contribution in [2.45, 2.75) is 13.3 Å². The zero-order chi connectivity index (χ0) is 11.8. The SMILES string of the molecule is CCc1nn2cc(-c3ccccc3)nc2n1C. The van der Waals surface area contributed by atoms with Crippen LogP contribution in [0.3, 0.4) is 0 Å². The molecular formula is C13H14N4. The molecule has 4 heteroatoms. The van der Waals surface area contributed by atoms with E-state index in [1.165, 1.54) is 0 Å². The largest absolute Gasteiger partial charge is 0.300 e. The molecular weight excluding hydrogens is 212 g/mol. The first-order valence-corrected chi connectivity index (χ1v) is 5.76. The van der Waals surface area contributed by atoms with Crippen molar-refractivity contribution in [3.8, 4) is 11.3 Å². The Morgan fingerprint density at radius 2 is 1.94 bits per heavy atom. The third kappa shape index (κ3) is 1.53. The van der Waals surface area contributed by atoms with Crippen molar-refractivity contribution in [2.24, 2.45) is 7.05 Å². The van der Waals surface area contributed by atoms with Crippen LogP contribution in [0.5, 0.6) is 0 Å². The second-order valence-corrected chi connectivity index (χ2v) is 4.07. The van der Waals surface area contributed by atoms with Crippen molar-refractivity contribution in [1.82, 2.24) is 19.2 Å². The number of nitrogens with zero attached hydrogens (tertiary/aromatic N) is 4. The van der Waals surface area contributed by atoms with Crippen molar-refractivity contribution >= 4 is 5.78 Å². The van der Waals surface area contributed by atoms with Crippen LogP contribution in [-0.2, 0) is 13.5 Å². The van der Waals surface area contributed by atoms with E-state index in [4.69, 9.17) is 0 Å². The number of aromatic nitrogens is 4. The topological polar surface area (TPSA) is 35.1 Å². The summed E-state index contributed by atoms with van der Waals surface area (Å²) in [7, 11) is 2.00. The van der Waals surface area contributed by atoms with Gasteiger partial charge in [0.25, 0.3) is 0 Å². The minimum absolute atomic E-state index is 0.890. The molecule has 1 aromatic carbocycles. The molecule has 0 N–H and O–H groups in total. The van der Waals surface area contributed by atoms with E-state index in [0.717, 1.165) is 29.3 Å². The highest BCUT2D eigenvalue weighted by molar-refractivity contribution is 5.61. The Morgan fingerprint density at radius 3 is 2.59 bits per heavy atom. The molecule has 3 aromatic rings. The molecule has 17 heavy (non-hydrogen) atoms. The summed E-state index contributed by atoms with van der Waals surface area (Å²) in [6.45, 7) is 2.10. The van der Waals surface area contributed by atoms with Gasteiger partial charge in [-0.05, 0) is 0 Å². The second kappa shape index (κ2) is 3.73. The van der Waals surface area contributed by atoms with Gasteiger partial charge in [-0.1, -0.05) is 37.3 Å². The smallest absolute Gasteiger partial charge is 0.232 e. The monoisotopic (exact) mass is 226 g/mol. The molecule has 4 nitrogen and oxygen atoms in total. The first kappa shape index (κ1) is 10.1. The van der Waals surface area contributed by atoms with Crippen LogP contribution >= 0.6 is 0 Å². The van der Waals surface area contributed by atoms with Gasteiger partial charge in [-0.3, -0.25) is 0 Å². The van der Waals surface area contributed by atoms with Crippen molar-refractivity contribution < 1.29 is 0 Å². The quantitative estimate of drug-likeness (QED) is 0.672. The third-order valence-corrected chi connectivity index (χ3v) is 2.97. The van der Waals surface area contributed by atoms with Gasteiger partial charge in [-0.2, -0.15) is 5.10 Å². The van der Waals surface area contributed by atoms with Gasteiger partial charge in [0.05, 0.1) is 11.9 Å². The van der Waals surface area contributed by atoms with Gasteiger partial charge in [-0.25, -0.2) is 9.50 Å². The molecule has 2 heterocycles. The molecule has 3 rings (SSSR count).